The standard InChI is InChI=1S/C21H27NO2/c1-5-19-18(14-16(2)21(23)22(3)4)12-9-13-20(19)24-15-17-10-7-6-8-11-17/h6-13,16H,5,14-15H2,1-4H3. The van der Waals surface area contributed by atoms with Gasteiger partial charge >= 0.3 is 0 Å². The van der Waals surface area contributed by atoms with Crippen molar-refractivity contribution in [2.75, 3.05) is 14.1 Å². The van der Waals surface area contributed by atoms with Crippen molar-refractivity contribution in [3.05, 3.63) is 65.2 Å². The lowest BCUT2D eigenvalue weighted by molar-refractivity contribution is -0.132. The number of benzene rings is 2. The fourth-order valence-corrected chi connectivity index (χ4v) is 2.93. The van der Waals surface area contributed by atoms with Crippen molar-refractivity contribution >= 4 is 5.91 Å². The highest BCUT2D eigenvalue weighted by Gasteiger charge is 2.18. The van der Waals surface area contributed by atoms with Gasteiger partial charge in [-0.15, -0.1) is 0 Å². The smallest absolute Gasteiger partial charge is 0.225 e. The molecule has 0 aliphatic carbocycles. The number of ether oxygens (including phenoxy) is 1. The topological polar surface area (TPSA) is 29.5 Å². The van der Waals surface area contributed by atoms with Crippen LogP contribution < -0.4 is 4.74 Å². The minimum Gasteiger partial charge on any atom is -0.489 e. The van der Waals surface area contributed by atoms with Crippen LogP contribution in [-0.2, 0) is 24.2 Å². The largest absolute Gasteiger partial charge is 0.489 e. The van der Waals surface area contributed by atoms with Gasteiger partial charge in [-0.3, -0.25) is 4.79 Å². The summed E-state index contributed by atoms with van der Waals surface area (Å²) in [5.41, 5.74) is 3.55. The van der Waals surface area contributed by atoms with Crippen molar-refractivity contribution < 1.29 is 9.53 Å². The van der Waals surface area contributed by atoms with E-state index in [-0.39, 0.29) is 11.8 Å². The Morgan fingerprint density at radius 3 is 2.42 bits per heavy atom. The Kier molecular flexibility index (Phi) is 6.42. The minimum atomic E-state index is -0.0327. The molecule has 0 bridgehead atoms. The minimum absolute atomic E-state index is 0.0327. The summed E-state index contributed by atoms with van der Waals surface area (Å²) in [6, 6.07) is 16.3. The number of hydrogen-bond acceptors (Lipinski definition) is 2. The molecule has 0 spiro atoms. The Bertz CT molecular complexity index is 665. The number of nitrogens with zero attached hydrogens (tertiary/aromatic N) is 1. The van der Waals surface area contributed by atoms with E-state index < -0.39 is 0 Å². The zero-order valence-electron chi connectivity index (χ0n) is 15.1. The zero-order valence-corrected chi connectivity index (χ0v) is 15.1. The zero-order chi connectivity index (χ0) is 17.5. The fraction of sp³-hybridized carbons (Fsp3) is 0.381. The predicted octanol–water partition coefficient (Wildman–Crippen LogP) is 4.09. The van der Waals surface area contributed by atoms with Gasteiger partial charge in [0.25, 0.3) is 0 Å². The highest BCUT2D eigenvalue weighted by atomic mass is 16.5. The molecule has 128 valence electrons. The van der Waals surface area contributed by atoms with Crippen LogP contribution in [0.1, 0.15) is 30.5 Å². The van der Waals surface area contributed by atoms with Crippen molar-refractivity contribution in [2.24, 2.45) is 5.92 Å². The van der Waals surface area contributed by atoms with Gasteiger partial charge in [0, 0.05) is 20.0 Å². The lowest BCUT2D eigenvalue weighted by Crippen LogP contribution is -2.29. The summed E-state index contributed by atoms with van der Waals surface area (Å²) in [6.07, 6.45) is 1.63. The molecule has 2 rings (SSSR count). The van der Waals surface area contributed by atoms with E-state index in [4.69, 9.17) is 4.74 Å². The number of amides is 1. The maximum atomic E-state index is 12.1. The molecule has 3 heteroatoms. The predicted molar refractivity (Wildman–Crippen MR) is 98.2 cm³/mol. The van der Waals surface area contributed by atoms with E-state index in [2.05, 4.69) is 25.1 Å². The molecule has 3 nitrogen and oxygen atoms in total. The summed E-state index contributed by atoms with van der Waals surface area (Å²) in [6.45, 7) is 4.68. The molecule has 2 aromatic carbocycles. The van der Waals surface area contributed by atoms with Gasteiger partial charge in [-0.2, -0.15) is 0 Å². The highest BCUT2D eigenvalue weighted by Crippen LogP contribution is 2.26. The van der Waals surface area contributed by atoms with Crippen molar-refractivity contribution in [3.8, 4) is 5.75 Å². The summed E-state index contributed by atoms with van der Waals surface area (Å²) >= 11 is 0. The third-order valence-corrected chi connectivity index (χ3v) is 4.21. The van der Waals surface area contributed by atoms with E-state index in [0.29, 0.717) is 6.61 Å². The number of carbonyl (C=O) groups excluding carboxylic acids is 1. The number of hydrogen-bond donors (Lipinski definition) is 0. The Hall–Kier alpha value is -2.29. The lowest BCUT2D eigenvalue weighted by atomic mass is 9.94. The van der Waals surface area contributed by atoms with Gasteiger partial charge in [0.1, 0.15) is 12.4 Å². The van der Waals surface area contributed by atoms with Crippen molar-refractivity contribution in [2.45, 2.75) is 33.3 Å². The summed E-state index contributed by atoms with van der Waals surface area (Å²) in [7, 11) is 3.61. The number of carbonyl (C=O) groups is 1. The first-order valence-corrected chi connectivity index (χ1v) is 8.51. The van der Waals surface area contributed by atoms with Gasteiger partial charge in [0.15, 0.2) is 0 Å². The molecule has 0 fully saturated rings. The Morgan fingerprint density at radius 2 is 1.79 bits per heavy atom. The molecule has 1 unspecified atom stereocenters. The second-order valence-electron chi connectivity index (χ2n) is 6.36. The molecule has 1 atom stereocenters. The number of rotatable bonds is 7. The van der Waals surface area contributed by atoms with Gasteiger partial charge in [-0.1, -0.05) is 56.3 Å². The molecule has 0 aliphatic rings. The molecular weight excluding hydrogens is 298 g/mol. The average molecular weight is 325 g/mol. The van der Waals surface area contributed by atoms with Crippen molar-refractivity contribution in [3.63, 3.8) is 0 Å². The van der Waals surface area contributed by atoms with Crippen LogP contribution in [0, 0.1) is 5.92 Å². The average Bonchev–Trinajstić information content (AvgIpc) is 2.60. The molecule has 1 amide bonds. The van der Waals surface area contributed by atoms with E-state index in [1.165, 1.54) is 11.1 Å². The summed E-state index contributed by atoms with van der Waals surface area (Å²) in [5.74, 6) is 1.05. The molecule has 2 aromatic rings. The van der Waals surface area contributed by atoms with Crippen molar-refractivity contribution in [1.82, 2.24) is 4.90 Å². The fourth-order valence-electron chi connectivity index (χ4n) is 2.93. The van der Waals surface area contributed by atoms with Gasteiger partial charge in [0.05, 0.1) is 0 Å². The van der Waals surface area contributed by atoms with Gasteiger partial charge in [-0.05, 0) is 35.6 Å². The Labute approximate surface area is 145 Å². The highest BCUT2D eigenvalue weighted by molar-refractivity contribution is 5.78. The monoisotopic (exact) mass is 325 g/mol. The van der Waals surface area contributed by atoms with Gasteiger partial charge < -0.3 is 9.64 Å². The third-order valence-electron chi connectivity index (χ3n) is 4.21. The molecular formula is C21H27NO2. The molecule has 0 aromatic heterocycles. The van der Waals surface area contributed by atoms with E-state index >= 15 is 0 Å². The van der Waals surface area contributed by atoms with E-state index in [9.17, 15) is 4.79 Å². The summed E-state index contributed by atoms with van der Waals surface area (Å²) < 4.78 is 6.05. The second kappa shape index (κ2) is 8.53. The van der Waals surface area contributed by atoms with Crippen LogP contribution in [-0.4, -0.2) is 24.9 Å². The second-order valence-corrected chi connectivity index (χ2v) is 6.36. The molecule has 0 radical (unpaired) electrons. The van der Waals surface area contributed by atoms with Crippen LogP contribution in [0.4, 0.5) is 0 Å². The lowest BCUT2D eigenvalue weighted by Gasteiger charge is -2.19. The van der Waals surface area contributed by atoms with Crippen LogP contribution in [0.15, 0.2) is 48.5 Å². The maximum Gasteiger partial charge on any atom is 0.225 e. The normalized spacial score (nSPS) is 11.8. The van der Waals surface area contributed by atoms with Crippen LogP contribution >= 0.6 is 0 Å². The van der Waals surface area contributed by atoms with E-state index in [1.807, 2.05) is 37.3 Å². The molecule has 0 saturated carbocycles. The Morgan fingerprint density at radius 1 is 1.08 bits per heavy atom. The van der Waals surface area contributed by atoms with Crippen LogP contribution in [0.5, 0.6) is 5.75 Å². The first kappa shape index (κ1) is 18.1. The van der Waals surface area contributed by atoms with E-state index in [1.54, 1.807) is 19.0 Å². The molecule has 0 heterocycles. The third kappa shape index (κ3) is 4.60. The van der Waals surface area contributed by atoms with Gasteiger partial charge in [-0.25, -0.2) is 0 Å². The summed E-state index contributed by atoms with van der Waals surface area (Å²) in [4.78, 5) is 13.8. The molecule has 0 N–H and O–H groups in total. The summed E-state index contributed by atoms with van der Waals surface area (Å²) in [5, 5.41) is 0. The molecule has 0 aliphatic heterocycles. The van der Waals surface area contributed by atoms with Crippen LogP contribution in [0.25, 0.3) is 0 Å². The molecule has 0 saturated heterocycles. The first-order valence-electron chi connectivity index (χ1n) is 8.51. The van der Waals surface area contributed by atoms with Gasteiger partial charge in [0.2, 0.25) is 5.91 Å². The van der Waals surface area contributed by atoms with Crippen molar-refractivity contribution in [1.29, 1.82) is 0 Å². The SMILES string of the molecule is CCc1c(CC(C)C(=O)N(C)C)cccc1OCc1ccccc1. The van der Waals surface area contributed by atoms with Crippen LogP contribution in [0.3, 0.4) is 0 Å². The van der Waals surface area contributed by atoms with E-state index in [0.717, 1.165) is 24.2 Å². The Balaban J connectivity index is 2.14. The maximum absolute atomic E-state index is 12.1. The first-order chi connectivity index (χ1) is 11.5. The molecule has 24 heavy (non-hydrogen) atoms. The van der Waals surface area contributed by atoms with Crippen LogP contribution in [0.2, 0.25) is 0 Å². The quantitative estimate of drug-likeness (QED) is 0.767.